The number of ether oxygens (including phenoxy) is 3. The molecule has 0 aliphatic heterocycles. The van der Waals surface area contributed by atoms with Crippen LogP contribution < -0.4 is 4.90 Å². The Kier molecular flexibility index (Phi) is 8.06. The minimum absolute atomic E-state index is 0.0999. The highest BCUT2D eigenvalue weighted by Gasteiger charge is 2.35. The summed E-state index contributed by atoms with van der Waals surface area (Å²) in [7, 11) is 1.16. The average molecular weight is 430 g/mol. The smallest absolute Gasteiger partial charge is 0.424 e. The number of imide groups is 1. The molecule has 0 saturated heterocycles. The first-order valence-corrected chi connectivity index (χ1v) is 9.35. The molecule has 0 fully saturated rings. The molecule has 0 aliphatic carbocycles. The molecule has 0 unspecified atom stereocenters. The van der Waals surface area contributed by atoms with Crippen LogP contribution in [0, 0.1) is 0 Å². The number of methoxy groups -OCH3 is 1. The van der Waals surface area contributed by atoms with E-state index in [-0.39, 0.29) is 29.3 Å². The Labute approximate surface area is 175 Å². The summed E-state index contributed by atoms with van der Waals surface area (Å²) in [6, 6.07) is 2.63. The van der Waals surface area contributed by atoms with Gasteiger partial charge in [0.15, 0.2) is 0 Å². The molecule has 0 aliphatic rings. The van der Waals surface area contributed by atoms with Gasteiger partial charge < -0.3 is 19.3 Å². The van der Waals surface area contributed by atoms with Gasteiger partial charge in [-0.1, -0.05) is 11.6 Å². The lowest BCUT2D eigenvalue weighted by Crippen LogP contribution is -2.44. The van der Waals surface area contributed by atoms with E-state index in [1.807, 2.05) is 0 Å². The van der Waals surface area contributed by atoms with Gasteiger partial charge in [-0.05, 0) is 65.7 Å². The number of aliphatic hydroxyl groups is 1. The van der Waals surface area contributed by atoms with Crippen LogP contribution in [0.3, 0.4) is 0 Å². The van der Waals surface area contributed by atoms with E-state index < -0.39 is 29.4 Å². The van der Waals surface area contributed by atoms with Crippen LogP contribution in [0.4, 0.5) is 15.3 Å². The van der Waals surface area contributed by atoms with Gasteiger partial charge in [0.2, 0.25) is 0 Å². The van der Waals surface area contributed by atoms with Crippen molar-refractivity contribution in [2.24, 2.45) is 0 Å². The lowest BCUT2D eigenvalue weighted by atomic mass is 10.1. The van der Waals surface area contributed by atoms with E-state index in [0.29, 0.717) is 10.5 Å². The standard InChI is InChI=1S/C20H28ClNO7/c1-19(2,3)28-17(25)22(18(26)29-20(4,5)6)15-11-14(21)12(8-9-23)10-13(15)16(24)27-7/h10-11,23H,8-9H2,1-7H3. The molecule has 1 aromatic carbocycles. The van der Waals surface area contributed by atoms with Crippen molar-refractivity contribution in [1.29, 1.82) is 0 Å². The molecule has 29 heavy (non-hydrogen) atoms. The Morgan fingerprint density at radius 3 is 1.86 bits per heavy atom. The maximum absolute atomic E-state index is 12.8. The summed E-state index contributed by atoms with van der Waals surface area (Å²) >= 11 is 6.25. The van der Waals surface area contributed by atoms with Crippen LogP contribution >= 0.6 is 11.6 Å². The number of hydrogen-bond acceptors (Lipinski definition) is 7. The number of hydrogen-bond donors (Lipinski definition) is 1. The normalized spacial score (nSPS) is 11.6. The molecule has 0 radical (unpaired) electrons. The number of benzene rings is 1. The number of aliphatic hydroxyl groups excluding tert-OH is 1. The van der Waals surface area contributed by atoms with E-state index in [0.717, 1.165) is 7.11 Å². The maximum Gasteiger partial charge on any atom is 0.424 e. The van der Waals surface area contributed by atoms with E-state index in [4.69, 9.17) is 25.8 Å². The molecule has 0 spiro atoms. The minimum atomic E-state index is -1.04. The highest BCUT2D eigenvalue weighted by Crippen LogP contribution is 2.32. The van der Waals surface area contributed by atoms with Crippen LogP contribution in [0.1, 0.15) is 57.5 Å². The van der Waals surface area contributed by atoms with Crippen molar-refractivity contribution in [1.82, 2.24) is 0 Å². The molecule has 0 aromatic heterocycles. The van der Waals surface area contributed by atoms with Gasteiger partial charge in [-0.15, -0.1) is 0 Å². The lowest BCUT2D eigenvalue weighted by molar-refractivity contribution is 0.0430. The zero-order valence-corrected chi connectivity index (χ0v) is 18.5. The van der Waals surface area contributed by atoms with Gasteiger partial charge in [0, 0.05) is 11.6 Å². The average Bonchev–Trinajstić information content (AvgIpc) is 2.53. The van der Waals surface area contributed by atoms with Crippen molar-refractivity contribution >= 4 is 35.4 Å². The summed E-state index contributed by atoms with van der Waals surface area (Å²) in [4.78, 5) is 38.7. The van der Waals surface area contributed by atoms with Gasteiger partial charge in [0.05, 0.1) is 18.4 Å². The molecular weight excluding hydrogens is 402 g/mol. The minimum Gasteiger partial charge on any atom is -0.465 e. The Bertz CT molecular complexity index is 750. The van der Waals surface area contributed by atoms with Crippen molar-refractivity contribution in [3.05, 3.63) is 28.3 Å². The van der Waals surface area contributed by atoms with Gasteiger partial charge in [-0.2, -0.15) is 4.90 Å². The highest BCUT2D eigenvalue weighted by atomic mass is 35.5. The molecule has 0 heterocycles. The maximum atomic E-state index is 12.8. The summed E-state index contributed by atoms with van der Waals surface area (Å²) in [5.74, 6) is -0.798. The third kappa shape index (κ3) is 7.21. The van der Waals surface area contributed by atoms with Crippen molar-refractivity contribution in [2.75, 3.05) is 18.6 Å². The molecule has 8 nitrogen and oxygen atoms in total. The van der Waals surface area contributed by atoms with E-state index in [1.54, 1.807) is 41.5 Å². The number of anilines is 1. The van der Waals surface area contributed by atoms with Crippen LogP contribution in [0.25, 0.3) is 0 Å². The first-order valence-electron chi connectivity index (χ1n) is 8.98. The summed E-state index contributed by atoms with van der Waals surface area (Å²) in [6.45, 7) is 9.61. The predicted octanol–water partition coefficient (Wildman–Crippen LogP) is 4.34. The molecule has 1 rings (SSSR count). The number of rotatable bonds is 4. The van der Waals surface area contributed by atoms with Crippen molar-refractivity contribution in [3.63, 3.8) is 0 Å². The number of halogens is 1. The zero-order valence-electron chi connectivity index (χ0n) is 17.8. The quantitative estimate of drug-likeness (QED) is 0.561. The van der Waals surface area contributed by atoms with Crippen molar-refractivity contribution < 1.29 is 33.7 Å². The molecular formula is C20H28ClNO7. The number of amides is 2. The van der Waals surface area contributed by atoms with Crippen LogP contribution in [-0.4, -0.2) is 48.2 Å². The van der Waals surface area contributed by atoms with E-state index in [2.05, 4.69) is 0 Å². The predicted molar refractivity (Wildman–Crippen MR) is 109 cm³/mol. The van der Waals surface area contributed by atoms with Crippen LogP contribution in [-0.2, 0) is 20.6 Å². The second-order valence-corrected chi connectivity index (χ2v) is 8.63. The topological polar surface area (TPSA) is 102 Å². The molecule has 162 valence electrons. The molecule has 0 bridgehead atoms. The number of esters is 1. The molecule has 1 aromatic rings. The van der Waals surface area contributed by atoms with Crippen molar-refractivity contribution in [2.45, 2.75) is 59.2 Å². The molecule has 1 N–H and O–H groups in total. The SMILES string of the molecule is COC(=O)c1cc(CCO)c(Cl)cc1N(C(=O)OC(C)(C)C)C(=O)OC(C)(C)C. The second-order valence-electron chi connectivity index (χ2n) is 8.22. The number of carbonyl (C=O) groups is 3. The first kappa shape index (κ1) is 24.7. The van der Waals surface area contributed by atoms with Gasteiger partial charge in [-0.3, -0.25) is 0 Å². The Hall–Kier alpha value is -2.32. The largest absolute Gasteiger partial charge is 0.465 e. The fourth-order valence-corrected chi connectivity index (χ4v) is 2.52. The third-order valence-electron chi connectivity index (χ3n) is 3.34. The third-order valence-corrected chi connectivity index (χ3v) is 3.70. The summed E-state index contributed by atoms with van der Waals surface area (Å²) in [5.41, 5.74) is -1.62. The summed E-state index contributed by atoms with van der Waals surface area (Å²) < 4.78 is 15.4. The van der Waals surface area contributed by atoms with Crippen LogP contribution in [0.5, 0.6) is 0 Å². The van der Waals surface area contributed by atoms with Crippen LogP contribution in [0.2, 0.25) is 5.02 Å². The van der Waals surface area contributed by atoms with Gasteiger partial charge in [-0.25, -0.2) is 14.4 Å². The number of carbonyl (C=O) groups excluding carboxylic acids is 3. The molecule has 9 heteroatoms. The van der Waals surface area contributed by atoms with Crippen LogP contribution in [0.15, 0.2) is 12.1 Å². The Morgan fingerprint density at radius 1 is 1.00 bits per heavy atom. The van der Waals surface area contributed by atoms with Gasteiger partial charge in [0.25, 0.3) is 0 Å². The second kappa shape index (κ2) is 9.45. The van der Waals surface area contributed by atoms with E-state index >= 15 is 0 Å². The zero-order chi connectivity index (χ0) is 22.6. The fraction of sp³-hybridized carbons (Fsp3) is 0.550. The Morgan fingerprint density at radius 2 is 1.48 bits per heavy atom. The summed E-state index contributed by atoms with van der Waals surface area (Å²) in [5, 5.41) is 9.36. The van der Waals surface area contributed by atoms with E-state index in [1.165, 1.54) is 12.1 Å². The van der Waals surface area contributed by atoms with Gasteiger partial charge >= 0.3 is 18.2 Å². The first-order chi connectivity index (χ1) is 13.2. The molecule has 0 atom stereocenters. The van der Waals surface area contributed by atoms with E-state index in [9.17, 15) is 19.5 Å². The van der Waals surface area contributed by atoms with Crippen molar-refractivity contribution in [3.8, 4) is 0 Å². The number of nitrogens with zero attached hydrogens (tertiary/aromatic N) is 1. The van der Waals surface area contributed by atoms with Gasteiger partial charge in [0.1, 0.15) is 11.2 Å². The Balaban J connectivity index is 3.65. The lowest BCUT2D eigenvalue weighted by Gasteiger charge is -2.29. The molecule has 2 amide bonds. The molecule has 0 saturated carbocycles. The fourth-order valence-electron chi connectivity index (χ4n) is 2.26. The highest BCUT2D eigenvalue weighted by molar-refractivity contribution is 6.32. The monoisotopic (exact) mass is 429 g/mol. The summed E-state index contributed by atoms with van der Waals surface area (Å²) in [6.07, 6.45) is -1.91.